The van der Waals surface area contributed by atoms with Crippen molar-refractivity contribution in [3.63, 3.8) is 0 Å². The van der Waals surface area contributed by atoms with Gasteiger partial charge in [0.05, 0.1) is 11.3 Å². The maximum absolute atomic E-state index is 10.9. The van der Waals surface area contributed by atoms with E-state index >= 15 is 0 Å². The summed E-state index contributed by atoms with van der Waals surface area (Å²) in [6.07, 6.45) is 4.99. The van der Waals surface area contributed by atoms with Crippen molar-refractivity contribution in [3.8, 4) is 0 Å². The number of nitrogens with one attached hydrogen (secondary N) is 1. The Morgan fingerprint density at radius 1 is 1.30 bits per heavy atom. The predicted octanol–water partition coefficient (Wildman–Crippen LogP) is 2.59. The molecule has 1 aliphatic heterocycles. The third-order valence-corrected chi connectivity index (χ3v) is 4.68. The second-order valence-corrected chi connectivity index (χ2v) is 7.58. The Labute approximate surface area is 137 Å². The smallest absolute Gasteiger partial charge is 0.0935 e. The van der Waals surface area contributed by atoms with Gasteiger partial charge < -0.3 is 5.11 Å². The fourth-order valence-electron chi connectivity index (χ4n) is 3.08. The van der Waals surface area contributed by atoms with E-state index in [1.807, 2.05) is 12.1 Å². The van der Waals surface area contributed by atoms with E-state index in [0.717, 1.165) is 49.4 Å². The van der Waals surface area contributed by atoms with Crippen LogP contribution < -0.4 is 0 Å². The first-order valence-corrected chi connectivity index (χ1v) is 8.27. The first-order valence-electron chi connectivity index (χ1n) is 8.27. The molecule has 0 aromatic carbocycles. The third kappa shape index (κ3) is 3.62. The summed E-state index contributed by atoms with van der Waals surface area (Å²) in [5, 5.41) is 18.4. The second kappa shape index (κ2) is 6.06. The molecule has 2 N–H and O–H groups in total. The number of H-pyrrole nitrogens is 1. The number of pyridine rings is 1. The van der Waals surface area contributed by atoms with Crippen LogP contribution in [0.4, 0.5) is 0 Å². The molecule has 5 nitrogen and oxygen atoms in total. The highest BCUT2D eigenvalue weighted by molar-refractivity contribution is 5.19. The monoisotopic (exact) mass is 314 g/mol. The molecule has 124 valence electrons. The summed E-state index contributed by atoms with van der Waals surface area (Å²) in [6.45, 7) is 9.10. The summed E-state index contributed by atoms with van der Waals surface area (Å²) in [6, 6.07) is 6.01. The van der Waals surface area contributed by atoms with E-state index in [2.05, 4.69) is 46.9 Å². The molecule has 2 aromatic heterocycles. The molecular weight excluding hydrogens is 288 g/mol. The molecule has 0 unspecified atom stereocenters. The molecule has 0 spiro atoms. The van der Waals surface area contributed by atoms with Crippen molar-refractivity contribution in [1.29, 1.82) is 0 Å². The van der Waals surface area contributed by atoms with Gasteiger partial charge in [0, 0.05) is 48.7 Å². The third-order valence-electron chi connectivity index (χ3n) is 4.68. The van der Waals surface area contributed by atoms with Gasteiger partial charge in [-0.1, -0.05) is 26.8 Å². The average Bonchev–Trinajstić information content (AvgIpc) is 3.00. The number of piperidine rings is 1. The highest BCUT2D eigenvalue weighted by Gasteiger charge is 2.34. The van der Waals surface area contributed by atoms with Gasteiger partial charge >= 0.3 is 0 Å². The molecule has 0 saturated carbocycles. The maximum atomic E-state index is 10.9. The average molecular weight is 314 g/mol. The van der Waals surface area contributed by atoms with Crippen LogP contribution in [0.3, 0.4) is 0 Å². The van der Waals surface area contributed by atoms with Crippen molar-refractivity contribution >= 4 is 0 Å². The van der Waals surface area contributed by atoms with Crippen LogP contribution in [0, 0.1) is 0 Å². The molecule has 23 heavy (non-hydrogen) atoms. The zero-order valence-corrected chi connectivity index (χ0v) is 14.2. The first-order chi connectivity index (χ1) is 10.9. The Bertz CT molecular complexity index is 637. The van der Waals surface area contributed by atoms with Crippen LogP contribution >= 0.6 is 0 Å². The number of hydrogen-bond donors (Lipinski definition) is 2. The van der Waals surface area contributed by atoms with Gasteiger partial charge in [0.25, 0.3) is 0 Å². The Hall–Kier alpha value is -1.72. The Morgan fingerprint density at radius 2 is 2.04 bits per heavy atom. The van der Waals surface area contributed by atoms with E-state index in [9.17, 15) is 5.11 Å². The largest absolute Gasteiger partial charge is 0.385 e. The summed E-state index contributed by atoms with van der Waals surface area (Å²) in [5.41, 5.74) is 2.49. The molecule has 5 heteroatoms. The zero-order chi connectivity index (χ0) is 16.5. The summed E-state index contributed by atoms with van der Waals surface area (Å²) in [7, 11) is 0. The van der Waals surface area contributed by atoms with Crippen LogP contribution in [-0.4, -0.2) is 38.3 Å². The van der Waals surface area contributed by atoms with Crippen LogP contribution in [0.1, 0.15) is 50.6 Å². The molecule has 3 heterocycles. The number of likely N-dealkylation sites (tertiary alicyclic amines) is 1. The lowest BCUT2D eigenvalue weighted by Crippen LogP contribution is -2.42. The van der Waals surface area contributed by atoms with E-state index in [1.165, 1.54) is 0 Å². The fraction of sp³-hybridized carbons (Fsp3) is 0.556. The number of nitrogens with zero attached hydrogens (tertiary/aromatic N) is 3. The standard InChI is InChI=1S/C18H26N4O/c1-17(2,3)16-11-15(20-21-16)13-22-9-6-18(23,7-10-22)14-5-4-8-19-12-14/h4-5,8,11-12,23H,6-7,9-10,13H2,1-3H3,(H,20,21). The molecule has 0 aliphatic carbocycles. The van der Waals surface area contributed by atoms with Crippen molar-refractivity contribution in [2.75, 3.05) is 13.1 Å². The summed E-state index contributed by atoms with van der Waals surface area (Å²) < 4.78 is 0. The maximum Gasteiger partial charge on any atom is 0.0935 e. The fourth-order valence-corrected chi connectivity index (χ4v) is 3.08. The van der Waals surface area contributed by atoms with Crippen LogP contribution in [0.15, 0.2) is 30.6 Å². The predicted molar refractivity (Wildman–Crippen MR) is 89.9 cm³/mol. The number of hydrogen-bond acceptors (Lipinski definition) is 4. The van der Waals surface area contributed by atoms with Gasteiger partial charge in [-0.05, 0) is 25.0 Å². The molecule has 0 amide bonds. The lowest BCUT2D eigenvalue weighted by Gasteiger charge is -2.38. The van der Waals surface area contributed by atoms with Gasteiger partial charge in [0.15, 0.2) is 0 Å². The Balaban J connectivity index is 1.60. The SMILES string of the molecule is CC(C)(C)c1cc(CN2CCC(O)(c3cccnc3)CC2)[nH]n1. The topological polar surface area (TPSA) is 65.0 Å². The molecule has 1 saturated heterocycles. The van der Waals surface area contributed by atoms with Gasteiger partial charge in [0.2, 0.25) is 0 Å². The van der Waals surface area contributed by atoms with Crippen molar-refractivity contribution in [2.45, 2.75) is 51.2 Å². The van der Waals surface area contributed by atoms with Gasteiger partial charge in [0.1, 0.15) is 0 Å². The van der Waals surface area contributed by atoms with Gasteiger partial charge in [-0.25, -0.2) is 0 Å². The van der Waals surface area contributed by atoms with E-state index in [1.54, 1.807) is 12.4 Å². The lowest BCUT2D eigenvalue weighted by molar-refractivity contribution is -0.0282. The van der Waals surface area contributed by atoms with Crippen LogP contribution in [0.25, 0.3) is 0 Å². The number of aromatic amines is 1. The van der Waals surface area contributed by atoms with Crippen molar-refractivity contribution in [3.05, 3.63) is 47.5 Å². The van der Waals surface area contributed by atoms with E-state index < -0.39 is 5.60 Å². The highest BCUT2D eigenvalue weighted by atomic mass is 16.3. The summed E-state index contributed by atoms with van der Waals surface area (Å²) in [4.78, 5) is 6.50. The van der Waals surface area contributed by atoms with Crippen molar-refractivity contribution in [1.82, 2.24) is 20.1 Å². The minimum Gasteiger partial charge on any atom is -0.385 e. The summed E-state index contributed by atoms with van der Waals surface area (Å²) >= 11 is 0. The first kappa shape index (κ1) is 16.1. The number of aromatic nitrogens is 3. The lowest BCUT2D eigenvalue weighted by atomic mass is 9.85. The zero-order valence-electron chi connectivity index (χ0n) is 14.2. The Morgan fingerprint density at radius 3 is 2.61 bits per heavy atom. The normalized spacial score (nSPS) is 19.0. The molecular formula is C18H26N4O. The van der Waals surface area contributed by atoms with Crippen LogP contribution in [0.5, 0.6) is 0 Å². The van der Waals surface area contributed by atoms with Crippen molar-refractivity contribution < 1.29 is 5.11 Å². The minimum atomic E-state index is -0.741. The number of aliphatic hydroxyl groups is 1. The highest BCUT2D eigenvalue weighted by Crippen LogP contribution is 2.32. The van der Waals surface area contributed by atoms with Crippen LogP contribution in [0.2, 0.25) is 0 Å². The van der Waals surface area contributed by atoms with Gasteiger partial charge in [-0.15, -0.1) is 0 Å². The van der Waals surface area contributed by atoms with Crippen molar-refractivity contribution in [2.24, 2.45) is 0 Å². The van der Waals surface area contributed by atoms with Crippen LogP contribution in [-0.2, 0) is 17.6 Å². The molecule has 0 bridgehead atoms. The Kier molecular flexibility index (Phi) is 4.25. The molecule has 3 rings (SSSR count). The molecule has 2 aromatic rings. The van der Waals surface area contributed by atoms with E-state index in [-0.39, 0.29) is 5.41 Å². The molecule has 0 radical (unpaired) electrons. The van der Waals surface area contributed by atoms with Gasteiger partial charge in [-0.2, -0.15) is 5.10 Å². The van der Waals surface area contributed by atoms with Gasteiger partial charge in [-0.3, -0.25) is 15.0 Å². The quantitative estimate of drug-likeness (QED) is 0.914. The molecule has 1 fully saturated rings. The second-order valence-electron chi connectivity index (χ2n) is 7.58. The molecule has 1 aliphatic rings. The summed E-state index contributed by atoms with van der Waals surface area (Å²) in [5.74, 6) is 0. The van der Waals surface area contributed by atoms with E-state index in [0.29, 0.717) is 0 Å². The number of rotatable bonds is 3. The van der Waals surface area contributed by atoms with E-state index in [4.69, 9.17) is 0 Å². The minimum absolute atomic E-state index is 0.0667. The molecule has 0 atom stereocenters.